The van der Waals surface area contributed by atoms with Crippen LogP contribution in [0.3, 0.4) is 0 Å². The van der Waals surface area contributed by atoms with Crippen molar-refractivity contribution >= 4 is 15.9 Å². The van der Waals surface area contributed by atoms with Crippen LogP contribution in [0.1, 0.15) is 52.0 Å². The molecule has 0 aliphatic carbocycles. The average Bonchev–Trinajstić information content (AvgIpc) is 2.72. The molecule has 152 valence electrons. The van der Waals surface area contributed by atoms with Crippen molar-refractivity contribution in [1.82, 2.24) is 9.62 Å². The molecule has 0 aromatic heterocycles. The maximum atomic E-state index is 13.3. The number of hydrogen-bond acceptors (Lipinski definition) is 4. The summed E-state index contributed by atoms with van der Waals surface area (Å²) in [6.07, 6.45) is 2.51. The first-order chi connectivity index (χ1) is 12.7. The first-order valence-electron chi connectivity index (χ1n) is 9.83. The van der Waals surface area contributed by atoms with E-state index in [0.29, 0.717) is 32.5 Å². The summed E-state index contributed by atoms with van der Waals surface area (Å²) in [6.45, 7) is 6.83. The van der Waals surface area contributed by atoms with Crippen LogP contribution in [0, 0.1) is 0 Å². The van der Waals surface area contributed by atoms with E-state index in [9.17, 15) is 13.2 Å². The van der Waals surface area contributed by atoms with Crippen LogP contribution in [-0.2, 0) is 20.2 Å². The molecular weight excluding hydrogens is 362 g/mol. The molecule has 0 bridgehead atoms. The highest BCUT2D eigenvalue weighted by Crippen LogP contribution is 2.36. The van der Waals surface area contributed by atoms with E-state index in [1.165, 1.54) is 4.31 Å². The summed E-state index contributed by atoms with van der Waals surface area (Å²) < 4.78 is 25.9. The Morgan fingerprint density at radius 1 is 1.15 bits per heavy atom. The SMILES string of the molecule is CCC(N)(CC)CNC(=O)C1(c2ccccc2)CCN(S(=O)(=O)CC)CC1. The number of nitrogens with two attached hydrogens (primary N) is 1. The minimum absolute atomic E-state index is 0.0565. The van der Waals surface area contributed by atoms with Crippen LogP contribution in [0.15, 0.2) is 30.3 Å². The molecule has 6 nitrogen and oxygen atoms in total. The van der Waals surface area contributed by atoms with Gasteiger partial charge in [0.05, 0.1) is 11.2 Å². The Bertz CT molecular complexity index is 722. The summed E-state index contributed by atoms with van der Waals surface area (Å²) >= 11 is 0. The van der Waals surface area contributed by atoms with E-state index in [1.807, 2.05) is 44.2 Å². The number of rotatable bonds is 8. The van der Waals surface area contributed by atoms with Gasteiger partial charge in [-0.25, -0.2) is 12.7 Å². The molecule has 1 saturated heterocycles. The molecule has 1 amide bonds. The third-order valence-electron chi connectivity index (χ3n) is 6.10. The second-order valence-electron chi connectivity index (χ2n) is 7.50. The molecule has 2 rings (SSSR count). The zero-order chi connectivity index (χ0) is 20.1. The van der Waals surface area contributed by atoms with Crippen LogP contribution < -0.4 is 11.1 Å². The highest BCUT2D eigenvalue weighted by atomic mass is 32.2. The van der Waals surface area contributed by atoms with Crippen molar-refractivity contribution in [3.8, 4) is 0 Å². The van der Waals surface area contributed by atoms with Gasteiger partial charge in [-0.05, 0) is 38.2 Å². The lowest BCUT2D eigenvalue weighted by atomic mass is 9.72. The van der Waals surface area contributed by atoms with E-state index in [4.69, 9.17) is 5.73 Å². The molecule has 1 fully saturated rings. The molecular formula is C20H33N3O3S. The maximum Gasteiger partial charge on any atom is 0.230 e. The van der Waals surface area contributed by atoms with Gasteiger partial charge in [0.25, 0.3) is 0 Å². The second-order valence-corrected chi connectivity index (χ2v) is 9.76. The van der Waals surface area contributed by atoms with Crippen molar-refractivity contribution in [1.29, 1.82) is 0 Å². The van der Waals surface area contributed by atoms with Crippen molar-refractivity contribution in [3.63, 3.8) is 0 Å². The lowest BCUT2D eigenvalue weighted by molar-refractivity contribution is -0.128. The van der Waals surface area contributed by atoms with Crippen molar-refractivity contribution < 1.29 is 13.2 Å². The van der Waals surface area contributed by atoms with E-state index in [0.717, 1.165) is 18.4 Å². The Hall–Kier alpha value is -1.44. The van der Waals surface area contributed by atoms with E-state index in [2.05, 4.69) is 5.32 Å². The summed E-state index contributed by atoms with van der Waals surface area (Å²) in [5, 5.41) is 3.07. The molecule has 1 aliphatic rings. The molecule has 27 heavy (non-hydrogen) atoms. The zero-order valence-electron chi connectivity index (χ0n) is 16.7. The van der Waals surface area contributed by atoms with E-state index < -0.39 is 21.0 Å². The molecule has 0 atom stereocenters. The largest absolute Gasteiger partial charge is 0.353 e. The minimum atomic E-state index is -3.24. The zero-order valence-corrected chi connectivity index (χ0v) is 17.5. The molecule has 3 N–H and O–H groups in total. The molecule has 0 radical (unpaired) electrons. The number of nitrogens with one attached hydrogen (secondary N) is 1. The number of sulfonamides is 1. The Morgan fingerprint density at radius 2 is 1.70 bits per heavy atom. The van der Waals surface area contributed by atoms with Gasteiger partial charge in [0.15, 0.2) is 0 Å². The Morgan fingerprint density at radius 3 is 2.19 bits per heavy atom. The quantitative estimate of drug-likeness (QED) is 0.704. The Kier molecular flexibility index (Phi) is 7.05. The van der Waals surface area contributed by atoms with Crippen molar-refractivity contribution in [3.05, 3.63) is 35.9 Å². The topological polar surface area (TPSA) is 92.5 Å². The lowest BCUT2D eigenvalue weighted by Crippen LogP contribution is -2.56. The average molecular weight is 396 g/mol. The van der Waals surface area contributed by atoms with E-state index in [-0.39, 0.29) is 11.7 Å². The Labute approximate surface area is 163 Å². The van der Waals surface area contributed by atoms with Gasteiger partial charge in [0, 0.05) is 25.2 Å². The fourth-order valence-corrected chi connectivity index (χ4v) is 4.76. The van der Waals surface area contributed by atoms with Gasteiger partial charge in [-0.2, -0.15) is 0 Å². The van der Waals surface area contributed by atoms with Gasteiger partial charge in [-0.1, -0.05) is 44.2 Å². The molecule has 1 aromatic carbocycles. The summed E-state index contributed by atoms with van der Waals surface area (Å²) in [5.74, 6) is 0.0271. The van der Waals surface area contributed by atoms with Gasteiger partial charge in [0.1, 0.15) is 0 Å². The van der Waals surface area contributed by atoms with Crippen LogP contribution in [-0.4, -0.2) is 49.6 Å². The van der Waals surface area contributed by atoms with E-state index >= 15 is 0 Å². The van der Waals surface area contributed by atoms with Crippen LogP contribution in [0.2, 0.25) is 0 Å². The van der Waals surface area contributed by atoms with Crippen molar-refractivity contribution in [2.45, 2.75) is 57.4 Å². The lowest BCUT2D eigenvalue weighted by Gasteiger charge is -2.41. The van der Waals surface area contributed by atoms with Crippen LogP contribution >= 0.6 is 0 Å². The third kappa shape index (κ3) is 4.70. The highest BCUT2D eigenvalue weighted by molar-refractivity contribution is 7.89. The van der Waals surface area contributed by atoms with Crippen LogP contribution in [0.25, 0.3) is 0 Å². The first kappa shape index (κ1) is 21.9. The summed E-state index contributed by atoms with van der Waals surface area (Å²) in [4.78, 5) is 13.3. The van der Waals surface area contributed by atoms with Gasteiger partial charge < -0.3 is 11.1 Å². The number of hydrogen-bond donors (Lipinski definition) is 2. The number of benzene rings is 1. The molecule has 7 heteroatoms. The van der Waals surface area contributed by atoms with Crippen LogP contribution in [0.4, 0.5) is 0 Å². The first-order valence-corrected chi connectivity index (χ1v) is 11.4. The highest BCUT2D eigenvalue weighted by Gasteiger charge is 2.44. The molecule has 0 spiro atoms. The van der Waals surface area contributed by atoms with E-state index in [1.54, 1.807) is 6.92 Å². The maximum absolute atomic E-state index is 13.3. The van der Waals surface area contributed by atoms with Gasteiger partial charge >= 0.3 is 0 Å². The fraction of sp³-hybridized carbons (Fsp3) is 0.650. The fourth-order valence-electron chi connectivity index (χ4n) is 3.66. The minimum Gasteiger partial charge on any atom is -0.353 e. The molecule has 1 aromatic rings. The van der Waals surface area contributed by atoms with Gasteiger partial charge in [-0.3, -0.25) is 4.79 Å². The number of carbonyl (C=O) groups excluding carboxylic acids is 1. The summed E-state index contributed by atoms with van der Waals surface area (Å²) in [6, 6.07) is 9.68. The standard InChI is InChI=1S/C20H33N3O3S/c1-4-19(21,5-2)16-22-18(24)20(17-10-8-7-9-11-17)12-14-23(15-13-20)27(25,26)6-3/h7-11H,4-6,12-16,21H2,1-3H3,(H,22,24). The number of piperidine rings is 1. The molecule has 1 heterocycles. The number of carbonyl (C=O) groups is 1. The summed E-state index contributed by atoms with van der Waals surface area (Å²) in [5.41, 5.74) is 6.15. The van der Waals surface area contributed by atoms with Crippen LogP contribution in [0.5, 0.6) is 0 Å². The van der Waals surface area contributed by atoms with Crippen molar-refractivity contribution in [2.75, 3.05) is 25.4 Å². The second kappa shape index (κ2) is 8.71. The molecule has 0 saturated carbocycles. The monoisotopic (exact) mass is 395 g/mol. The molecule has 0 unspecified atom stereocenters. The number of nitrogens with zero attached hydrogens (tertiary/aromatic N) is 1. The van der Waals surface area contributed by atoms with Gasteiger partial charge in [-0.15, -0.1) is 0 Å². The normalized spacial score (nSPS) is 18.2. The third-order valence-corrected chi connectivity index (χ3v) is 7.99. The summed E-state index contributed by atoms with van der Waals surface area (Å²) in [7, 11) is -3.24. The predicted molar refractivity (Wildman–Crippen MR) is 109 cm³/mol. The number of amides is 1. The Balaban J connectivity index is 2.25. The molecule has 1 aliphatic heterocycles. The predicted octanol–water partition coefficient (Wildman–Crippen LogP) is 2.00. The van der Waals surface area contributed by atoms with Gasteiger partial charge in [0.2, 0.25) is 15.9 Å². The smallest absolute Gasteiger partial charge is 0.230 e. The van der Waals surface area contributed by atoms with Crippen molar-refractivity contribution in [2.24, 2.45) is 5.73 Å².